The standard InChI is InChI=1S/C15H15N2O2/c1-2-16-10-8-13(9-11-16)6-7-14-4-3-5-15(12-14)17(18)19/h3-12H,2H2,1H3/q+1/b7-6-. The number of non-ortho nitro benzene ring substituents is 1. The Morgan fingerprint density at radius 1 is 1.16 bits per heavy atom. The van der Waals surface area contributed by atoms with Gasteiger partial charge in [-0.2, -0.15) is 0 Å². The molecule has 0 unspecified atom stereocenters. The normalized spacial score (nSPS) is 10.8. The Bertz CT molecular complexity index is 604. The topological polar surface area (TPSA) is 47.0 Å². The first kappa shape index (κ1) is 13.0. The van der Waals surface area contributed by atoms with Gasteiger partial charge >= 0.3 is 0 Å². The molecule has 0 bridgehead atoms. The molecule has 0 spiro atoms. The molecule has 0 fully saturated rings. The first-order chi connectivity index (χ1) is 9.19. The first-order valence-electron chi connectivity index (χ1n) is 6.10. The quantitative estimate of drug-likeness (QED) is 0.479. The lowest BCUT2D eigenvalue weighted by atomic mass is 10.1. The number of nitro benzene ring substituents is 1. The predicted octanol–water partition coefficient (Wildman–Crippen LogP) is 3.07. The predicted molar refractivity (Wildman–Crippen MR) is 74.3 cm³/mol. The van der Waals surface area contributed by atoms with E-state index in [2.05, 4.69) is 11.5 Å². The maximum absolute atomic E-state index is 10.7. The van der Waals surface area contributed by atoms with Gasteiger partial charge in [-0.15, -0.1) is 0 Å². The third-order valence-corrected chi connectivity index (χ3v) is 2.83. The summed E-state index contributed by atoms with van der Waals surface area (Å²) in [7, 11) is 0. The molecule has 1 aromatic heterocycles. The summed E-state index contributed by atoms with van der Waals surface area (Å²) in [5.74, 6) is 0. The molecule has 2 aromatic rings. The maximum atomic E-state index is 10.7. The van der Waals surface area contributed by atoms with Gasteiger partial charge in [-0.25, -0.2) is 4.57 Å². The van der Waals surface area contributed by atoms with Gasteiger partial charge in [0, 0.05) is 24.3 Å². The molecule has 0 saturated carbocycles. The summed E-state index contributed by atoms with van der Waals surface area (Å²) in [6.45, 7) is 3.02. The summed E-state index contributed by atoms with van der Waals surface area (Å²) >= 11 is 0. The molecule has 2 rings (SSSR count). The second-order valence-corrected chi connectivity index (χ2v) is 4.15. The van der Waals surface area contributed by atoms with Crippen molar-refractivity contribution in [3.05, 3.63) is 70.0 Å². The van der Waals surface area contributed by atoms with Crippen LogP contribution in [0, 0.1) is 10.1 Å². The lowest BCUT2D eigenvalue weighted by Gasteiger charge is -1.95. The van der Waals surface area contributed by atoms with E-state index in [1.165, 1.54) is 6.07 Å². The molecular weight excluding hydrogens is 240 g/mol. The lowest BCUT2D eigenvalue weighted by Crippen LogP contribution is -2.30. The van der Waals surface area contributed by atoms with Crippen LogP contribution in [0.4, 0.5) is 5.69 Å². The summed E-state index contributed by atoms with van der Waals surface area (Å²) in [5.41, 5.74) is 2.00. The van der Waals surface area contributed by atoms with Crippen molar-refractivity contribution < 1.29 is 9.49 Å². The molecule has 96 valence electrons. The van der Waals surface area contributed by atoms with E-state index in [0.717, 1.165) is 17.7 Å². The van der Waals surface area contributed by atoms with Gasteiger partial charge in [-0.3, -0.25) is 10.1 Å². The van der Waals surface area contributed by atoms with Gasteiger partial charge < -0.3 is 0 Å². The highest BCUT2D eigenvalue weighted by Gasteiger charge is 2.03. The number of hydrogen-bond donors (Lipinski definition) is 0. The average Bonchev–Trinajstić information content (AvgIpc) is 2.46. The van der Waals surface area contributed by atoms with E-state index in [0.29, 0.717) is 0 Å². The van der Waals surface area contributed by atoms with Crippen LogP contribution >= 0.6 is 0 Å². The van der Waals surface area contributed by atoms with Crippen molar-refractivity contribution in [2.24, 2.45) is 0 Å². The Morgan fingerprint density at radius 3 is 2.47 bits per heavy atom. The van der Waals surface area contributed by atoms with Crippen molar-refractivity contribution >= 4 is 17.8 Å². The Kier molecular flexibility index (Phi) is 4.03. The van der Waals surface area contributed by atoms with Crippen molar-refractivity contribution in [3.8, 4) is 0 Å². The van der Waals surface area contributed by atoms with E-state index < -0.39 is 0 Å². The smallest absolute Gasteiger partial charge is 0.258 e. The van der Waals surface area contributed by atoms with Gasteiger partial charge in [0.05, 0.1) is 4.92 Å². The van der Waals surface area contributed by atoms with E-state index in [1.807, 2.05) is 42.7 Å². The van der Waals surface area contributed by atoms with Crippen molar-refractivity contribution in [2.75, 3.05) is 0 Å². The molecule has 0 aliphatic carbocycles. The van der Waals surface area contributed by atoms with Crippen LogP contribution in [0.2, 0.25) is 0 Å². The van der Waals surface area contributed by atoms with Gasteiger partial charge in [0.25, 0.3) is 5.69 Å². The number of nitrogens with zero attached hydrogens (tertiary/aromatic N) is 2. The largest absolute Gasteiger partial charge is 0.270 e. The van der Waals surface area contributed by atoms with Crippen LogP contribution in [0.1, 0.15) is 18.1 Å². The number of benzene rings is 1. The van der Waals surface area contributed by atoms with E-state index in [4.69, 9.17) is 0 Å². The van der Waals surface area contributed by atoms with Gasteiger partial charge in [0.15, 0.2) is 12.4 Å². The molecule has 1 aromatic carbocycles. The molecule has 0 N–H and O–H groups in total. The molecule has 0 aliphatic heterocycles. The number of rotatable bonds is 4. The minimum absolute atomic E-state index is 0.110. The highest BCUT2D eigenvalue weighted by atomic mass is 16.6. The number of aromatic nitrogens is 1. The van der Waals surface area contributed by atoms with E-state index in [1.54, 1.807) is 12.1 Å². The first-order valence-corrected chi connectivity index (χ1v) is 6.10. The van der Waals surface area contributed by atoms with Crippen LogP contribution in [0.5, 0.6) is 0 Å². The molecule has 1 heterocycles. The van der Waals surface area contributed by atoms with Gasteiger partial charge in [-0.1, -0.05) is 24.3 Å². The zero-order valence-electron chi connectivity index (χ0n) is 10.7. The Hall–Kier alpha value is -2.49. The Balaban J connectivity index is 2.17. The average molecular weight is 255 g/mol. The van der Waals surface area contributed by atoms with E-state index >= 15 is 0 Å². The van der Waals surface area contributed by atoms with Crippen molar-refractivity contribution in [1.82, 2.24) is 0 Å². The number of nitro groups is 1. The highest BCUT2D eigenvalue weighted by Crippen LogP contribution is 2.15. The van der Waals surface area contributed by atoms with Crippen molar-refractivity contribution in [1.29, 1.82) is 0 Å². The van der Waals surface area contributed by atoms with E-state index in [9.17, 15) is 10.1 Å². The molecule has 4 heteroatoms. The fourth-order valence-electron chi connectivity index (χ4n) is 1.73. The SMILES string of the molecule is CC[n+]1ccc(/C=C\c2cccc([N+](=O)[O-])c2)cc1. The molecule has 4 nitrogen and oxygen atoms in total. The highest BCUT2D eigenvalue weighted by molar-refractivity contribution is 5.70. The second kappa shape index (κ2) is 5.91. The molecule has 0 atom stereocenters. The third kappa shape index (κ3) is 3.48. The van der Waals surface area contributed by atoms with Crippen molar-refractivity contribution in [3.63, 3.8) is 0 Å². The van der Waals surface area contributed by atoms with Crippen LogP contribution < -0.4 is 4.57 Å². The van der Waals surface area contributed by atoms with Crippen LogP contribution in [0.25, 0.3) is 12.2 Å². The zero-order valence-corrected chi connectivity index (χ0v) is 10.7. The molecule has 0 saturated heterocycles. The molecule has 0 amide bonds. The lowest BCUT2D eigenvalue weighted by molar-refractivity contribution is -0.693. The van der Waals surface area contributed by atoms with Gasteiger partial charge in [-0.05, 0) is 18.1 Å². The summed E-state index contributed by atoms with van der Waals surface area (Å²) in [5, 5.41) is 10.7. The number of pyridine rings is 1. The fraction of sp³-hybridized carbons (Fsp3) is 0.133. The minimum atomic E-state index is -0.385. The van der Waals surface area contributed by atoms with Crippen LogP contribution in [0.3, 0.4) is 0 Å². The molecule has 19 heavy (non-hydrogen) atoms. The van der Waals surface area contributed by atoms with Crippen LogP contribution in [-0.4, -0.2) is 4.92 Å². The molecule has 0 aliphatic rings. The zero-order chi connectivity index (χ0) is 13.7. The minimum Gasteiger partial charge on any atom is -0.258 e. The van der Waals surface area contributed by atoms with Gasteiger partial charge in [0.1, 0.15) is 6.54 Å². The van der Waals surface area contributed by atoms with Crippen LogP contribution in [-0.2, 0) is 6.54 Å². The third-order valence-electron chi connectivity index (χ3n) is 2.83. The second-order valence-electron chi connectivity index (χ2n) is 4.15. The maximum Gasteiger partial charge on any atom is 0.270 e. The summed E-state index contributed by atoms with van der Waals surface area (Å²) in [6, 6.07) is 10.6. The Labute approximate surface area is 111 Å². The monoisotopic (exact) mass is 255 g/mol. The van der Waals surface area contributed by atoms with Crippen molar-refractivity contribution in [2.45, 2.75) is 13.5 Å². The summed E-state index contributed by atoms with van der Waals surface area (Å²) < 4.78 is 2.07. The summed E-state index contributed by atoms with van der Waals surface area (Å²) in [4.78, 5) is 10.3. The van der Waals surface area contributed by atoms with E-state index in [-0.39, 0.29) is 10.6 Å². The number of hydrogen-bond acceptors (Lipinski definition) is 2. The fourth-order valence-corrected chi connectivity index (χ4v) is 1.73. The number of aryl methyl sites for hydroxylation is 1. The summed E-state index contributed by atoms with van der Waals surface area (Å²) in [6.07, 6.45) is 7.83. The Morgan fingerprint density at radius 2 is 1.84 bits per heavy atom. The van der Waals surface area contributed by atoms with Crippen LogP contribution in [0.15, 0.2) is 48.8 Å². The van der Waals surface area contributed by atoms with Gasteiger partial charge in [0.2, 0.25) is 0 Å². The molecular formula is C15H15N2O2+. The molecule has 0 radical (unpaired) electrons.